The van der Waals surface area contributed by atoms with Gasteiger partial charge in [-0.25, -0.2) is 4.99 Å². The molecule has 1 amide bonds. The molecule has 1 saturated heterocycles. The van der Waals surface area contributed by atoms with E-state index >= 15 is 0 Å². The first kappa shape index (κ1) is 18.3. The second-order valence-electron chi connectivity index (χ2n) is 7.15. The number of aliphatic imine (C=N–C) groups is 1. The monoisotopic (exact) mass is 355 g/mol. The fourth-order valence-corrected chi connectivity index (χ4v) is 3.34. The summed E-state index contributed by atoms with van der Waals surface area (Å²) in [5.74, 6) is 1.09. The lowest BCUT2D eigenvalue weighted by molar-refractivity contribution is -0.133. The number of hydrogen-bond acceptors (Lipinski definition) is 2. The number of benzene rings is 1. The van der Waals surface area contributed by atoms with Crippen molar-refractivity contribution in [3.05, 3.63) is 36.0 Å². The second-order valence-corrected chi connectivity index (χ2v) is 7.15. The Kier molecular flexibility index (Phi) is 5.81. The zero-order valence-corrected chi connectivity index (χ0v) is 15.9. The molecule has 1 aromatic carbocycles. The maximum absolute atomic E-state index is 12.1. The highest BCUT2D eigenvalue weighted by Crippen LogP contribution is 2.15. The minimum absolute atomic E-state index is 0.0534. The average molecular weight is 355 g/mol. The standard InChI is InChI=1S/C20H29N5O/c1-4-21-20(24-16-9-10-25(13-16)19(26)14(2)3)22-12-17-11-15-7-5-6-8-18(15)23-17/h5-8,11,14,16,23H,4,9-10,12-13H2,1-3H3,(H2,21,22,24). The molecule has 0 bridgehead atoms. The number of guanidine groups is 1. The van der Waals surface area contributed by atoms with Gasteiger partial charge in [0, 0.05) is 42.8 Å². The van der Waals surface area contributed by atoms with Crippen LogP contribution in [0.15, 0.2) is 35.3 Å². The molecule has 6 nitrogen and oxygen atoms in total. The van der Waals surface area contributed by atoms with Crippen LogP contribution < -0.4 is 10.6 Å². The Balaban J connectivity index is 1.61. The fraction of sp³-hybridized carbons (Fsp3) is 0.500. The summed E-state index contributed by atoms with van der Waals surface area (Å²) in [4.78, 5) is 22.2. The van der Waals surface area contributed by atoms with E-state index in [1.165, 1.54) is 5.39 Å². The molecule has 140 valence electrons. The summed E-state index contributed by atoms with van der Waals surface area (Å²) >= 11 is 0. The maximum Gasteiger partial charge on any atom is 0.225 e. The number of carbonyl (C=O) groups excluding carboxylic acids is 1. The van der Waals surface area contributed by atoms with Crippen molar-refractivity contribution in [1.29, 1.82) is 0 Å². The predicted octanol–water partition coefficient (Wildman–Crippen LogP) is 2.48. The van der Waals surface area contributed by atoms with Crippen molar-refractivity contribution in [3.8, 4) is 0 Å². The highest BCUT2D eigenvalue weighted by atomic mass is 16.2. The van der Waals surface area contributed by atoms with Gasteiger partial charge in [-0.2, -0.15) is 0 Å². The van der Waals surface area contributed by atoms with Crippen LogP contribution in [-0.2, 0) is 11.3 Å². The van der Waals surface area contributed by atoms with Gasteiger partial charge in [-0.15, -0.1) is 0 Å². The highest BCUT2D eigenvalue weighted by molar-refractivity contribution is 5.82. The van der Waals surface area contributed by atoms with Crippen LogP contribution >= 0.6 is 0 Å². The number of fused-ring (bicyclic) bond motifs is 1. The maximum atomic E-state index is 12.1. The number of nitrogens with one attached hydrogen (secondary N) is 3. The number of rotatable bonds is 5. The molecule has 26 heavy (non-hydrogen) atoms. The molecule has 1 fully saturated rings. The zero-order chi connectivity index (χ0) is 18.5. The summed E-state index contributed by atoms with van der Waals surface area (Å²) in [5, 5.41) is 7.98. The van der Waals surface area contributed by atoms with E-state index in [9.17, 15) is 4.79 Å². The lowest BCUT2D eigenvalue weighted by Gasteiger charge is -2.20. The quantitative estimate of drug-likeness (QED) is 0.570. The van der Waals surface area contributed by atoms with E-state index in [-0.39, 0.29) is 17.9 Å². The number of carbonyl (C=O) groups is 1. The highest BCUT2D eigenvalue weighted by Gasteiger charge is 2.27. The summed E-state index contributed by atoms with van der Waals surface area (Å²) in [6.45, 7) is 8.92. The molecule has 1 aromatic heterocycles. The Bertz CT molecular complexity index is 746. The van der Waals surface area contributed by atoms with Crippen LogP contribution in [0.4, 0.5) is 0 Å². The molecule has 0 saturated carbocycles. The third-order valence-corrected chi connectivity index (χ3v) is 4.67. The normalized spacial score (nSPS) is 17.9. The Morgan fingerprint density at radius 3 is 2.92 bits per heavy atom. The first-order valence-electron chi connectivity index (χ1n) is 9.47. The van der Waals surface area contributed by atoms with Crippen LogP contribution in [0.3, 0.4) is 0 Å². The van der Waals surface area contributed by atoms with E-state index in [1.54, 1.807) is 0 Å². The third-order valence-electron chi connectivity index (χ3n) is 4.67. The molecule has 0 aliphatic carbocycles. The van der Waals surface area contributed by atoms with Crippen LogP contribution in [0.2, 0.25) is 0 Å². The number of nitrogens with zero attached hydrogens (tertiary/aromatic N) is 2. The molecule has 2 aromatic rings. The van der Waals surface area contributed by atoms with Crippen molar-refractivity contribution in [2.75, 3.05) is 19.6 Å². The molecule has 3 N–H and O–H groups in total. The number of para-hydroxylation sites is 1. The van der Waals surface area contributed by atoms with E-state index in [2.05, 4.69) is 40.7 Å². The Morgan fingerprint density at radius 2 is 2.19 bits per heavy atom. The van der Waals surface area contributed by atoms with Gasteiger partial charge < -0.3 is 20.5 Å². The summed E-state index contributed by atoms with van der Waals surface area (Å²) in [6.07, 6.45) is 0.954. The molecule has 1 atom stereocenters. The van der Waals surface area contributed by atoms with Gasteiger partial charge in [-0.1, -0.05) is 32.0 Å². The molecular weight excluding hydrogens is 326 g/mol. The van der Waals surface area contributed by atoms with E-state index in [4.69, 9.17) is 4.99 Å². The topological polar surface area (TPSA) is 72.5 Å². The number of aromatic nitrogens is 1. The van der Waals surface area contributed by atoms with Crippen molar-refractivity contribution < 1.29 is 4.79 Å². The Morgan fingerprint density at radius 1 is 1.38 bits per heavy atom. The van der Waals surface area contributed by atoms with E-state index < -0.39 is 0 Å². The first-order chi connectivity index (χ1) is 12.6. The van der Waals surface area contributed by atoms with E-state index in [0.717, 1.165) is 43.2 Å². The molecular formula is C20H29N5O. The zero-order valence-electron chi connectivity index (χ0n) is 15.9. The molecule has 3 rings (SSSR count). The van der Waals surface area contributed by atoms with Crippen LogP contribution in [0.5, 0.6) is 0 Å². The van der Waals surface area contributed by atoms with Gasteiger partial charge in [-0.3, -0.25) is 4.79 Å². The number of hydrogen-bond donors (Lipinski definition) is 3. The fourth-order valence-electron chi connectivity index (χ4n) is 3.34. The predicted molar refractivity (Wildman–Crippen MR) is 106 cm³/mol. The molecule has 0 spiro atoms. The third kappa shape index (κ3) is 4.36. The molecule has 0 radical (unpaired) electrons. The van der Waals surface area contributed by atoms with Crippen LogP contribution in [0.25, 0.3) is 10.9 Å². The van der Waals surface area contributed by atoms with Gasteiger partial charge >= 0.3 is 0 Å². The largest absolute Gasteiger partial charge is 0.357 e. The molecule has 6 heteroatoms. The summed E-state index contributed by atoms with van der Waals surface area (Å²) in [6, 6.07) is 10.6. The Hall–Kier alpha value is -2.50. The van der Waals surface area contributed by atoms with Crippen LogP contribution in [-0.4, -0.2) is 47.4 Å². The Labute approximate surface area is 155 Å². The van der Waals surface area contributed by atoms with Crippen molar-refractivity contribution >= 4 is 22.8 Å². The second kappa shape index (κ2) is 8.25. The summed E-state index contributed by atoms with van der Waals surface area (Å²) in [5.41, 5.74) is 2.22. The van der Waals surface area contributed by atoms with Crippen LogP contribution in [0.1, 0.15) is 32.9 Å². The number of amides is 1. The number of aromatic amines is 1. The summed E-state index contributed by atoms with van der Waals surface area (Å²) in [7, 11) is 0. The molecule has 1 aliphatic rings. The van der Waals surface area contributed by atoms with E-state index in [1.807, 2.05) is 30.9 Å². The lowest BCUT2D eigenvalue weighted by atomic mass is 10.2. The smallest absolute Gasteiger partial charge is 0.225 e. The van der Waals surface area contributed by atoms with Gasteiger partial charge in [0.1, 0.15) is 0 Å². The van der Waals surface area contributed by atoms with E-state index in [0.29, 0.717) is 6.54 Å². The van der Waals surface area contributed by atoms with Gasteiger partial charge in [0.25, 0.3) is 0 Å². The minimum Gasteiger partial charge on any atom is -0.357 e. The summed E-state index contributed by atoms with van der Waals surface area (Å²) < 4.78 is 0. The van der Waals surface area contributed by atoms with Crippen molar-refractivity contribution in [2.24, 2.45) is 10.9 Å². The number of H-pyrrole nitrogens is 1. The van der Waals surface area contributed by atoms with Crippen molar-refractivity contribution in [2.45, 2.75) is 39.8 Å². The molecule has 2 heterocycles. The van der Waals surface area contributed by atoms with Gasteiger partial charge in [-0.05, 0) is 30.9 Å². The van der Waals surface area contributed by atoms with Gasteiger partial charge in [0.05, 0.1) is 6.54 Å². The van der Waals surface area contributed by atoms with Crippen molar-refractivity contribution in [3.63, 3.8) is 0 Å². The number of likely N-dealkylation sites (tertiary alicyclic amines) is 1. The molecule has 1 aliphatic heterocycles. The van der Waals surface area contributed by atoms with Gasteiger partial charge in [0.2, 0.25) is 5.91 Å². The van der Waals surface area contributed by atoms with Gasteiger partial charge in [0.15, 0.2) is 5.96 Å². The van der Waals surface area contributed by atoms with Crippen LogP contribution in [0, 0.1) is 5.92 Å². The molecule has 1 unspecified atom stereocenters. The average Bonchev–Trinajstić information content (AvgIpc) is 3.25. The lowest BCUT2D eigenvalue weighted by Crippen LogP contribution is -2.45. The SMILES string of the molecule is CCNC(=NCc1cc2ccccc2[nH]1)NC1CCN(C(=O)C(C)C)C1. The first-order valence-corrected chi connectivity index (χ1v) is 9.47. The minimum atomic E-state index is 0.0534. The van der Waals surface area contributed by atoms with Crippen molar-refractivity contribution in [1.82, 2.24) is 20.5 Å².